The molecule has 0 atom stereocenters. The first-order chi connectivity index (χ1) is 12.2. The zero-order valence-corrected chi connectivity index (χ0v) is 14.2. The first-order valence-electron chi connectivity index (χ1n) is 8.58. The molecule has 3 heterocycles. The van der Waals surface area contributed by atoms with Crippen molar-refractivity contribution in [1.29, 1.82) is 0 Å². The number of carbonyl (C=O) groups excluding carboxylic acids is 1. The Bertz CT molecular complexity index is 738. The van der Waals surface area contributed by atoms with Gasteiger partial charge in [-0.15, -0.1) is 0 Å². The molecule has 1 aliphatic heterocycles. The molecule has 2 aromatic rings. The van der Waals surface area contributed by atoms with E-state index in [4.69, 9.17) is 0 Å². The number of hydrogen-bond donors (Lipinski definition) is 1. The first kappa shape index (κ1) is 17.0. The van der Waals surface area contributed by atoms with Gasteiger partial charge in [0.2, 0.25) is 5.56 Å². The zero-order valence-electron chi connectivity index (χ0n) is 14.2. The number of anilines is 1. The Kier molecular flexibility index (Phi) is 5.66. The molecule has 1 fully saturated rings. The number of rotatable bonds is 5. The molecular formula is C18H23N5O2. The van der Waals surface area contributed by atoms with Gasteiger partial charge in [0.15, 0.2) is 0 Å². The predicted molar refractivity (Wildman–Crippen MR) is 96.7 cm³/mol. The van der Waals surface area contributed by atoms with Crippen LogP contribution in [0.4, 0.5) is 10.6 Å². The van der Waals surface area contributed by atoms with E-state index >= 15 is 0 Å². The molecule has 3 rings (SSSR count). The average Bonchev–Trinajstić information content (AvgIpc) is 2.67. The molecule has 0 bridgehead atoms. The van der Waals surface area contributed by atoms with Crippen molar-refractivity contribution in [2.24, 2.45) is 0 Å². The van der Waals surface area contributed by atoms with Crippen LogP contribution in [0.2, 0.25) is 0 Å². The second kappa shape index (κ2) is 8.32. The van der Waals surface area contributed by atoms with E-state index < -0.39 is 0 Å². The van der Waals surface area contributed by atoms with E-state index in [0.29, 0.717) is 26.2 Å². The topological polar surface area (TPSA) is 70.5 Å². The molecule has 132 valence electrons. The van der Waals surface area contributed by atoms with Crippen molar-refractivity contribution in [3.8, 4) is 0 Å². The average molecular weight is 341 g/mol. The van der Waals surface area contributed by atoms with E-state index in [1.165, 1.54) is 0 Å². The fourth-order valence-corrected chi connectivity index (χ4v) is 2.88. The highest BCUT2D eigenvalue weighted by atomic mass is 16.2. The normalized spacial score (nSPS) is 14.4. The minimum absolute atomic E-state index is 0.0144. The Morgan fingerprint density at radius 1 is 1.08 bits per heavy atom. The van der Waals surface area contributed by atoms with Crippen molar-refractivity contribution in [3.63, 3.8) is 0 Å². The maximum Gasteiger partial charge on any atom is 0.317 e. The molecule has 0 aromatic carbocycles. The second-order valence-corrected chi connectivity index (χ2v) is 5.98. The molecule has 7 heteroatoms. The highest BCUT2D eigenvalue weighted by molar-refractivity contribution is 5.74. The summed E-state index contributed by atoms with van der Waals surface area (Å²) in [6, 6.07) is 10.9. The van der Waals surface area contributed by atoms with E-state index in [0.717, 1.165) is 25.3 Å². The lowest BCUT2D eigenvalue weighted by Gasteiger charge is -2.35. The highest BCUT2D eigenvalue weighted by Crippen LogP contribution is 2.12. The predicted octanol–water partition coefficient (Wildman–Crippen LogP) is 1.17. The molecule has 25 heavy (non-hydrogen) atoms. The number of carbonyl (C=O) groups is 1. The van der Waals surface area contributed by atoms with Crippen molar-refractivity contribution >= 4 is 11.8 Å². The maximum absolute atomic E-state index is 12.2. The number of amides is 2. The van der Waals surface area contributed by atoms with Gasteiger partial charge in [-0.1, -0.05) is 12.1 Å². The fraction of sp³-hybridized carbons (Fsp3) is 0.389. The zero-order chi connectivity index (χ0) is 17.5. The van der Waals surface area contributed by atoms with Crippen LogP contribution in [0.3, 0.4) is 0 Å². The summed E-state index contributed by atoms with van der Waals surface area (Å²) in [5.41, 5.74) is -0.0144. The number of aryl methyl sites for hydroxylation is 1. The number of aromatic nitrogens is 2. The third-order valence-corrected chi connectivity index (χ3v) is 4.29. The summed E-state index contributed by atoms with van der Waals surface area (Å²) in [5, 5.41) is 2.93. The fourth-order valence-electron chi connectivity index (χ4n) is 2.88. The lowest BCUT2D eigenvalue weighted by atomic mass is 10.3. The standard InChI is InChI=1S/C18H23N5O2/c24-17-7-2-4-10-22(17)11-5-9-20-18(25)23-14-12-21(13-15-23)16-6-1-3-8-19-16/h1-4,6-8,10H,5,9,11-15H2,(H,20,25). The number of nitrogens with zero attached hydrogens (tertiary/aromatic N) is 4. The molecule has 1 saturated heterocycles. The van der Waals surface area contributed by atoms with Gasteiger partial charge in [0.25, 0.3) is 0 Å². The second-order valence-electron chi connectivity index (χ2n) is 5.98. The molecule has 0 saturated carbocycles. The van der Waals surface area contributed by atoms with Crippen LogP contribution >= 0.6 is 0 Å². The SMILES string of the molecule is O=C(NCCCn1ccccc1=O)N1CCN(c2ccccn2)CC1. The third kappa shape index (κ3) is 4.59. The van der Waals surface area contributed by atoms with Gasteiger partial charge in [0.05, 0.1) is 0 Å². The van der Waals surface area contributed by atoms with Crippen molar-refractivity contribution in [1.82, 2.24) is 19.8 Å². The molecule has 2 aromatic heterocycles. The summed E-state index contributed by atoms with van der Waals surface area (Å²) in [6.45, 7) is 4.09. The van der Waals surface area contributed by atoms with Gasteiger partial charge < -0.3 is 19.7 Å². The quantitative estimate of drug-likeness (QED) is 0.829. The monoisotopic (exact) mass is 341 g/mol. The highest BCUT2D eigenvalue weighted by Gasteiger charge is 2.21. The lowest BCUT2D eigenvalue weighted by molar-refractivity contribution is 0.194. The first-order valence-corrected chi connectivity index (χ1v) is 8.58. The molecule has 0 radical (unpaired) electrons. The number of hydrogen-bond acceptors (Lipinski definition) is 4. The van der Waals surface area contributed by atoms with Gasteiger partial charge in [-0.2, -0.15) is 0 Å². The summed E-state index contributed by atoms with van der Waals surface area (Å²) in [5.74, 6) is 0.955. The Morgan fingerprint density at radius 2 is 1.88 bits per heavy atom. The molecule has 0 unspecified atom stereocenters. The molecule has 2 amide bonds. The van der Waals surface area contributed by atoms with E-state index in [-0.39, 0.29) is 11.6 Å². The van der Waals surface area contributed by atoms with Crippen LogP contribution in [0.15, 0.2) is 53.6 Å². The summed E-state index contributed by atoms with van der Waals surface area (Å²) >= 11 is 0. The van der Waals surface area contributed by atoms with Crippen LogP contribution in [0.1, 0.15) is 6.42 Å². The van der Waals surface area contributed by atoms with Crippen molar-refractivity contribution < 1.29 is 4.79 Å². The number of pyridine rings is 2. The van der Waals surface area contributed by atoms with Crippen LogP contribution in [-0.4, -0.2) is 53.2 Å². The molecular weight excluding hydrogens is 318 g/mol. The number of nitrogens with one attached hydrogen (secondary N) is 1. The van der Waals surface area contributed by atoms with Gasteiger partial charge in [0, 0.05) is 57.7 Å². The van der Waals surface area contributed by atoms with Crippen LogP contribution in [0, 0.1) is 0 Å². The molecule has 7 nitrogen and oxygen atoms in total. The Morgan fingerprint density at radius 3 is 2.60 bits per heavy atom. The van der Waals surface area contributed by atoms with Crippen LogP contribution in [0.5, 0.6) is 0 Å². The minimum Gasteiger partial charge on any atom is -0.353 e. The Hall–Kier alpha value is -2.83. The van der Waals surface area contributed by atoms with Gasteiger partial charge in [-0.25, -0.2) is 9.78 Å². The number of urea groups is 1. The molecule has 0 spiro atoms. The summed E-state index contributed by atoms with van der Waals surface area (Å²) in [6.07, 6.45) is 4.27. The number of piperazine rings is 1. The van der Waals surface area contributed by atoms with Gasteiger partial charge >= 0.3 is 6.03 Å². The van der Waals surface area contributed by atoms with E-state index in [1.807, 2.05) is 29.2 Å². The largest absolute Gasteiger partial charge is 0.353 e. The maximum atomic E-state index is 12.2. The van der Waals surface area contributed by atoms with Crippen LogP contribution < -0.4 is 15.8 Å². The van der Waals surface area contributed by atoms with Crippen molar-refractivity contribution in [2.45, 2.75) is 13.0 Å². The summed E-state index contributed by atoms with van der Waals surface area (Å²) in [7, 11) is 0. The minimum atomic E-state index is -0.0407. The smallest absolute Gasteiger partial charge is 0.317 e. The van der Waals surface area contributed by atoms with Crippen molar-refractivity contribution in [3.05, 3.63) is 59.1 Å². The van der Waals surface area contributed by atoms with E-state index in [1.54, 1.807) is 29.1 Å². The van der Waals surface area contributed by atoms with Crippen molar-refractivity contribution in [2.75, 3.05) is 37.6 Å². The molecule has 1 N–H and O–H groups in total. The van der Waals surface area contributed by atoms with Crippen LogP contribution in [0.25, 0.3) is 0 Å². The lowest BCUT2D eigenvalue weighted by Crippen LogP contribution is -2.52. The summed E-state index contributed by atoms with van der Waals surface area (Å²) < 4.78 is 1.65. The summed E-state index contributed by atoms with van der Waals surface area (Å²) in [4.78, 5) is 32.2. The van der Waals surface area contributed by atoms with Crippen LogP contribution in [-0.2, 0) is 6.54 Å². The van der Waals surface area contributed by atoms with E-state index in [2.05, 4.69) is 15.2 Å². The van der Waals surface area contributed by atoms with E-state index in [9.17, 15) is 9.59 Å². The van der Waals surface area contributed by atoms with Gasteiger partial charge in [0.1, 0.15) is 5.82 Å². The van der Waals surface area contributed by atoms with Gasteiger partial charge in [-0.05, 0) is 24.6 Å². The molecule has 0 aliphatic carbocycles. The van der Waals surface area contributed by atoms with Gasteiger partial charge in [-0.3, -0.25) is 4.79 Å². The Balaban J connectivity index is 1.38. The third-order valence-electron chi connectivity index (χ3n) is 4.29. The Labute approximate surface area is 146 Å². The molecule has 1 aliphatic rings.